The Kier molecular flexibility index (Phi) is 6.10. The molecule has 1 atom stereocenters. The molecule has 0 N–H and O–H groups in total. The average Bonchev–Trinajstić information content (AvgIpc) is 2.65. The number of nitrogens with zero attached hydrogens (tertiary/aromatic N) is 1. The molecule has 0 aliphatic rings. The van der Waals surface area contributed by atoms with Gasteiger partial charge in [0, 0.05) is 0 Å². The lowest BCUT2D eigenvalue weighted by Crippen LogP contribution is -2.05. The van der Waals surface area contributed by atoms with E-state index >= 15 is 0 Å². The van der Waals surface area contributed by atoms with Crippen LogP contribution in [0.1, 0.15) is 11.1 Å². The predicted octanol–water partition coefficient (Wildman–Crippen LogP) is 4.20. The number of rotatable bonds is 5. The van der Waals surface area contributed by atoms with Crippen LogP contribution in [0, 0.1) is 40.4 Å². The standard InChI is InChI=1S/C17H10F5NO2S/c1-25-10-4-2-9(3-5-10)8-26(24)11(7-23)6-12-13(18)15(20)17(22)16(21)14(12)19/h2-6H,8H2,1H3. The topological polar surface area (TPSA) is 50.1 Å². The molecular formula is C17H10F5NO2S. The van der Waals surface area contributed by atoms with Crippen LogP contribution in [0.3, 0.4) is 0 Å². The number of methoxy groups -OCH3 is 1. The van der Waals surface area contributed by atoms with Crippen LogP contribution >= 0.6 is 0 Å². The zero-order valence-electron chi connectivity index (χ0n) is 13.2. The monoisotopic (exact) mass is 387 g/mol. The summed E-state index contributed by atoms with van der Waals surface area (Å²) in [4.78, 5) is -0.635. The minimum Gasteiger partial charge on any atom is -0.497 e. The highest BCUT2D eigenvalue weighted by molar-refractivity contribution is 7.88. The Labute approximate surface area is 147 Å². The van der Waals surface area contributed by atoms with Crippen LogP contribution in [-0.4, -0.2) is 11.3 Å². The van der Waals surface area contributed by atoms with Crippen molar-refractivity contribution >= 4 is 16.9 Å². The third kappa shape index (κ3) is 3.91. The molecule has 0 aliphatic heterocycles. The number of nitriles is 1. The summed E-state index contributed by atoms with van der Waals surface area (Å²) >= 11 is 0. The number of allylic oxidation sites excluding steroid dienone is 1. The normalized spacial score (nSPS) is 12.6. The first-order valence-electron chi connectivity index (χ1n) is 6.94. The molecule has 0 radical (unpaired) electrons. The van der Waals surface area contributed by atoms with Crippen LogP contribution < -0.4 is 4.74 Å². The maximum Gasteiger partial charge on any atom is 0.200 e. The van der Waals surface area contributed by atoms with Crippen molar-refractivity contribution in [3.8, 4) is 11.8 Å². The quantitative estimate of drug-likeness (QED) is 0.334. The number of hydrogen-bond acceptors (Lipinski definition) is 3. The lowest BCUT2D eigenvalue weighted by molar-refractivity contribution is 0.377. The van der Waals surface area contributed by atoms with Crippen molar-refractivity contribution in [2.45, 2.75) is 5.75 Å². The highest BCUT2D eigenvalue weighted by Gasteiger charge is 2.25. The van der Waals surface area contributed by atoms with E-state index in [0.717, 1.165) is 0 Å². The molecule has 136 valence electrons. The van der Waals surface area contributed by atoms with E-state index in [1.165, 1.54) is 13.2 Å². The van der Waals surface area contributed by atoms with E-state index in [0.29, 0.717) is 17.4 Å². The van der Waals surface area contributed by atoms with Gasteiger partial charge in [-0.05, 0) is 23.8 Å². The van der Waals surface area contributed by atoms with Crippen LogP contribution in [0.25, 0.3) is 6.08 Å². The van der Waals surface area contributed by atoms with Gasteiger partial charge in [-0.2, -0.15) is 5.26 Å². The predicted molar refractivity (Wildman–Crippen MR) is 84.7 cm³/mol. The van der Waals surface area contributed by atoms with Gasteiger partial charge in [-0.1, -0.05) is 12.1 Å². The van der Waals surface area contributed by atoms with E-state index in [2.05, 4.69) is 0 Å². The van der Waals surface area contributed by atoms with Gasteiger partial charge in [-0.3, -0.25) is 4.21 Å². The minimum absolute atomic E-state index is 0.196. The summed E-state index contributed by atoms with van der Waals surface area (Å²) in [6.07, 6.45) is 0.399. The average molecular weight is 387 g/mol. The first-order valence-corrected chi connectivity index (χ1v) is 8.26. The first kappa shape index (κ1) is 19.6. The minimum atomic E-state index is -2.31. The molecule has 0 fully saturated rings. The molecule has 26 heavy (non-hydrogen) atoms. The van der Waals surface area contributed by atoms with Gasteiger partial charge in [0.25, 0.3) is 0 Å². The van der Waals surface area contributed by atoms with Crippen molar-refractivity contribution in [2.75, 3.05) is 7.11 Å². The summed E-state index contributed by atoms with van der Waals surface area (Å²) in [6.45, 7) is 0. The second kappa shape index (κ2) is 8.10. The third-order valence-corrected chi connectivity index (χ3v) is 4.63. The van der Waals surface area contributed by atoms with Gasteiger partial charge in [0.15, 0.2) is 23.3 Å². The van der Waals surface area contributed by atoms with Gasteiger partial charge in [0.1, 0.15) is 16.7 Å². The van der Waals surface area contributed by atoms with Crippen LogP contribution in [0.15, 0.2) is 29.2 Å². The van der Waals surface area contributed by atoms with Crippen molar-refractivity contribution in [1.29, 1.82) is 5.26 Å². The largest absolute Gasteiger partial charge is 0.497 e. The smallest absolute Gasteiger partial charge is 0.200 e. The molecule has 0 aromatic heterocycles. The Bertz CT molecular complexity index is 907. The van der Waals surface area contributed by atoms with Crippen molar-refractivity contribution in [3.05, 3.63) is 69.4 Å². The summed E-state index contributed by atoms with van der Waals surface area (Å²) < 4.78 is 84.0. The van der Waals surface area contributed by atoms with E-state index in [4.69, 9.17) is 10.00 Å². The molecule has 2 rings (SSSR count). The van der Waals surface area contributed by atoms with E-state index in [9.17, 15) is 26.2 Å². The Morgan fingerprint density at radius 2 is 1.54 bits per heavy atom. The van der Waals surface area contributed by atoms with Crippen molar-refractivity contribution in [2.24, 2.45) is 0 Å². The molecule has 0 spiro atoms. The molecule has 0 bridgehead atoms. The summed E-state index contributed by atoms with van der Waals surface area (Å²) in [6, 6.07) is 7.74. The fraction of sp³-hybridized carbons (Fsp3) is 0.118. The molecule has 2 aromatic carbocycles. The van der Waals surface area contributed by atoms with Gasteiger partial charge in [-0.25, -0.2) is 22.0 Å². The maximum atomic E-state index is 13.7. The van der Waals surface area contributed by atoms with Crippen molar-refractivity contribution < 1.29 is 30.9 Å². The molecule has 3 nitrogen and oxygen atoms in total. The molecular weight excluding hydrogens is 377 g/mol. The Hall–Kier alpha value is -2.73. The van der Waals surface area contributed by atoms with E-state index in [1.54, 1.807) is 24.3 Å². The van der Waals surface area contributed by atoms with Gasteiger partial charge in [0.2, 0.25) is 5.82 Å². The van der Waals surface area contributed by atoms with Crippen molar-refractivity contribution in [1.82, 2.24) is 0 Å². The molecule has 1 unspecified atom stereocenters. The second-order valence-electron chi connectivity index (χ2n) is 4.94. The van der Waals surface area contributed by atoms with Crippen LogP contribution in [0.5, 0.6) is 5.75 Å². The highest BCUT2D eigenvalue weighted by Crippen LogP contribution is 2.26. The summed E-state index contributed by atoms with van der Waals surface area (Å²) in [5.41, 5.74) is -0.802. The number of benzene rings is 2. The van der Waals surface area contributed by atoms with Crippen LogP contribution in [-0.2, 0) is 16.6 Å². The van der Waals surface area contributed by atoms with Gasteiger partial charge in [-0.15, -0.1) is 0 Å². The zero-order chi connectivity index (χ0) is 19.4. The number of hydrogen-bond donors (Lipinski definition) is 0. The molecule has 2 aromatic rings. The Morgan fingerprint density at radius 1 is 1.04 bits per heavy atom. The summed E-state index contributed by atoms with van der Waals surface area (Å²) in [7, 11) is -0.614. The fourth-order valence-electron chi connectivity index (χ4n) is 1.98. The van der Waals surface area contributed by atoms with E-state index in [1.807, 2.05) is 0 Å². The number of ether oxygens (including phenoxy) is 1. The molecule has 0 aliphatic carbocycles. The summed E-state index contributed by atoms with van der Waals surface area (Å²) in [5, 5.41) is 9.06. The first-order chi connectivity index (χ1) is 12.3. The van der Waals surface area contributed by atoms with Crippen molar-refractivity contribution in [3.63, 3.8) is 0 Å². The summed E-state index contributed by atoms with van der Waals surface area (Å²) in [5.74, 6) is -10.5. The van der Waals surface area contributed by atoms with Gasteiger partial charge < -0.3 is 4.74 Å². The fourth-order valence-corrected chi connectivity index (χ4v) is 2.98. The van der Waals surface area contributed by atoms with Crippen LogP contribution in [0.4, 0.5) is 22.0 Å². The lowest BCUT2D eigenvalue weighted by atomic mass is 10.1. The van der Waals surface area contributed by atoms with Gasteiger partial charge >= 0.3 is 0 Å². The van der Waals surface area contributed by atoms with E-state index in [-0.39, 0.29) is 5.75 Å². The molecule has 0 heterocycles. The molecule has 0 amide bonds. The Morgan fingerprint density at radius 3 is 2.00 bits per heavy atom. The number of halogens is 5. The molecule has 0 saturated carbocycles. The van der Waals surface area contributed by atoms with Crippen LogP contribution in [0.2, 0.25) is 0 Å². The highest BCUT2D eigenvalue weighted by atomic mass is 32.2. The zero-order valence-corrected chi connectivity index (χ0v) is 14.0. The lowest BCUT2D eigenvalue weighted by Gasteiger charge is -2.06. The Balaban J connectivity index is 2.39. The van der Waals surface area contributed by atoms with Gasteiger partial charge in [0.05, 0.1) is 29.2 Å². The SMILES string of the molecule is COc1ccc(CS(=O)C(C#N)=Cc2c(F)c(F)c(F)c(F)c2F)cc1. The third-order valence-electron chi connectivity index (χ3n) is 3.33. The molecule has 0 saturated heterocycles. The van der Waals surface area contributed by atoms with E-state index < -0.39 is 50.4 Å². The molecule has 9 heteroatoms. The second-order valence-corrected chi connectivity index (χ2v) is 6.36. The maximum absolute atomic E-state index is 13.7.